The normalized spacial score (nSPS) is 20.1. The van der Waals surface area contributed by atoms with Gasteiger partial charge in [0, 0.05) is 25.4 Å². The molecule has 0 bridgehead atoms. The summed E-state index contributed by atoms with van der Waals surface area (Å²) in [6, 6.07) is 8.38. The van der Waals surface area contributed by atoms with Gasteiger partial charge in [-0.25, -0.2) is 4.98 Å². The van der Waals surface area contributed by atoms with Crippen LogP contribution >= 0.6 is 11.3 Å². The van der Waals surface area contributed by atoms with Crippen LogP contribution in [0.5, 0.6) is 0 Å². The molecule has 2 fully saturated rings. The number of likely N-dealkylation sites (tertiary alicyclic amines) is 1. The fraction of sp³-hybridized carbons (Fsp3) is 0.600. The van der Waals surface area contributed by atoms with Crippen LogP contribution in [0.3, 0.4) is 0 Å². The zero-order valence-electron chi connectivity index (χ0n) is 14.2. The van der Waals surface area contributed by atoms with Crippen molar-refractivity contribution in [2.75, 3.05) is 13.1 Å². The van der Waals surface area contributed by atoms with Gasteiger partial charge in [0.1, 0.15) is 0 Å². The van der Waals surface area contributed by atoms with Crippen LogP contribution in [-0.2, 0) is 4.79 Å². The second kappa shape index (κ2) is 7.22. The minimum absolute atomic E-state index is 0.379. The predicted octanol–water partition coefficient (Wildman–Crippen LogP) is 4.97. The van der Waals surface area contributed by atoms with Gasteiger partial charge in [0.15, 0.2) is 0 Å². The van der Waals surface area contributed by atoms with Gasteiger partial charge in [0.2, 0.25) is 5.91 Å². The average molecular weight is 343 g/mol. The Morgan fingerprint density at radius 2 is 1.88 bits per heavy atom. The van der Waals surface area contributed by atoms with E-state index in [0.717, 1.165) is 50.2 Å². The van der Waals surface area contributed by atoms with Crippen LogP contribution in [0.1, 0.15) is 62.3 Å². The second-order valence-electron chi connectivity index (χ2n) is 7.36. The maximum absolute atomic E-state index is 12.5. The van der Waals surface area contributed by atoms with E-state index in [1.807, 2.05) is 11.3 Å². The van der Waals surface area contributed by atoms with E-state index >= 15 is 0 Å². The summed E-state index contributed by atoms with van der Waals surface area (Å²) in [5.41, 5.74) is 1.12. The van der Waals surface area contributed by atoms with Crippen molar-refractivity contribution >= 4 is 27.5 Å². The van der Waals surface area contributed by atoms with Gasteiger partial charge in [-0.3, -0.25) is 4.79 Å². The van der Waals surface area contributed by atoms with Crippen LogP contribution in [0.25, 0.3) is 10.2 Å². The first-order valence-electron chi connectivity index (χ1n) is 9.43. The molecule has 1 amide bonds. The van der Waals surface area contributed by atoms with Crippen molar-refractivity contribution in [3.8, 4) is 0 Å². The molecule has 0 radical (unpaired) electrons. The van der Waals surface area contributed by atoms with E-state index in [1.165, 1.54) is 35.4 Å². The molecule has 3 nitrogen and oxygen atoms in total. The fourth-order valence-electron chi connectivity index (χ4n) is 4.23. The van der Waals surface area contributed by atoms with Crippen molar-refractivity contribution in [3.05, 3.63) is 29.3 Å². The molecule has 4 rings (SSSR count). The van der Waals surface area contributed by atoms with Crippen LogP contribution in [0.2, 0.25) is 0 Å². The van der Waals surface area contributed by atoms with E-state index in [4.69, 9.17) is 4.98 Å². The van der Waals surface area contributed by atoms with Gasteiger partial charge < -0.3 is 4.90 Å². The molecule has 1 aromatic heterocycles. The lowest BCUT2D eigenvalue weighted by Gasteiger charge is -2.31. The van der Waals surface area contributed by atoms with Crippen molar-refractivity contribution < 1.29 is 4.79 Å². The molecule has 1 saturated carbocycles. The van der Waals surface area contributed by atoms with Crippen LogP contribution in [0, 0.1) is 5.92 Å². The smallest absolute Gasteiger partial charge is 0.222 e. The van der Waals surface area contributed by atoms with Crippen molar-refractivity contribution in [2.24, 2.45) is 5.92 Å². The molecule has 1 aliphatic heterocycles. The maximum atomic E-state index is 12.5. The van der Waals surface area contributed by atoms with E-state index in [9.17, 15) is 4.79 Å². The number of fused-ring (bicyclic) bond motifs is 1. The van der Waals surface area contributed by atoms with Crippen LogP contribution in [-0.4, -0.2) is 28.9 Å². The minimum Gasteiger partial charge on any atom is -0.343 e. The van der Waals surface area contributed by atoms with Gasteiger partial charge in [-0.15, -0.1) is 11.3 Å². The van der Waals surface area contributed by atoms with E-state index in [0.29, 0.717) is 11.8 Å². The van der Waals surface area contributed by atoms with Gasteiger partial charge >= 0.3 is 0 Å². The van der Waals surface area contributed by atoms with E-state index in [1.54, 1.807) is 0 Å². The minimum atomic E-state index is 0.379. The Hall–Kier alpha value is -1.42. The number of hydrogen-bond donors (Lipinski definition) is 0. The van der Waals surface area contributed by atoms with E-state index < -0.39 is 0 Å². The zero-order chi connectivity index (χ0) is 16.4. The summed E-state index contributed by atoms with van der Waals surface area (Å²) in [7, 11) is 0. The molecule has 4 heteroatoms. The monoisotopic (exact) mass is 342 g/mol. The number of hydrogen-bond acceptors (Lipinski definition) is 3. The molecule has 2 aliphatic rings. The first-order chi connectivity index (χ1) is 11.8. The largest absolute Gasteiger partial charge is 0.343 e. The standard InChI is InChI=1S/C20H26N2OS/c23-19(10-9-15-5-1-2-6-15)22-13-11-16(12-14-22)20-21-17-7-3-4-8-18(17)24-20/h3-4,7-8,15-16H,1-2,5-6,9-14H2. The number of nitrogens with zero attached hydrogens (tertiary/aromatic N) is 2. The molecule has 0 unspecified atom stereocenters. The molecular weight excluding hydrogens is 316 g/mol. The number of aromatic nitrogens is 1. The molecule has 0 N–H and O–H groups in total. The lowest BCUT2D eigenvalue weighted by atomic mass is 9.96. The molecule has 1 aliphatic carbocycles. The van der Waals surface area contributed by atoms with E-state index in [2.05, 4.69) is 29.2 Å². The summed E-state index contributed by atoms with van der Waals surface area (Å²) in [6.45, 7) is 1.81. The third kappa shape index (κ3) is 3.49. The summed E-state index contributed by atoms with van der Waals surface area (Å²) in [6.07, 6.45) is 9.41. The van der Waals surface area contributed by atoms with Gasteiger partial charge in [-0.2, -0.15) is 0 Å². The van der Waals surface area contributed by atoms with Crippen LogP contribution in [0.4, 0.5) is 0 Å². The number of carbonyl (C=O) groups is 1. The number of benzene rings is 1. The lowest BCUT2D eigenvalue weighted by molar-refractivity contribution is -0.132. The summed E-state index contributed by atoms with van der Waals surface area (Å²) < 4.78 is 1.28. The molecular formula is C20H26N2OS. The highest BCUT2D eigenvalue weighted by Gasteiger charge is 2.26. The number of thiazole rings is 1. The highest BCUT2D eigenvalue weighted by Crippen LogP contribution is 2.34. The highest BCUT2D eigenvalue weighted by molar-refractivity contribution is 7.18. The van der Waals surface area contributed by atoms with Gasteiger partial charge in [0.05, 0.1) is 15.2 Å². The number of carbonyl (C=O) groups excluding carboxylic acids is 1. The Bertz CT molecular complexity index is 663. The van der Waals surface area contributed by atoms with E-state index in [-0.39, 0.29) is 0 Å². The summed E-state index contributed by atoms with van der Waals surface area (Å²) in [5.74, 6) is 1.72. The zero-order valence-corrected chi connectivity index (χ0v) is 15.1. The molecule has 0 spiro atoms. The maximum Gasteiger partial charge on any atom is 0.222 e. The first kappa shape index (κ1) is 16.1. The summed E-state index contributed by atoms with van der Waals surface area (Å²) in [4.78, 5) is 19.4. The molecule has 0 atom stereocenters. The molecule has 1 saturated heterocycles. The third-order valence-electron chi connectivity index (χ3n) is 5.75. The molecule has 128 valence electrons. The van der Waals surface area contributed by atoms with Crippen molar-refractivity contribution in [3.63, 3.8) is 0 Å². The summed E-state index contributed by atoms with van der Waals surface area (Å²) in [5, 5.41) is 1.26. The Labute approximate surface area is 148 Å². The van der Waals surface area contributed by atoms with Gasteiger partial charge in [0.25, 0.3) is 0 Å². The quantitative estimate of drug-likeness (QED) is 0.786. The Morgan fingerprint density at radius 1 is 1.12 bits per heavy atom. The Balaban J connectivity index is 1.30. The Morgan fingerprint density at radius 3 is 2.62 bits per heavy atom. The number of piperidine rings is 1. The fourth-order valence-corrected chi connectivity index (χ4v) is 5.36. The van der Waals surface area contributed by atoms with Crippen molar-refractivity contribution in [2.45, 2.75) is 57.3 Å². The highest BCUT2D eigenvalue weighted by atomic mass is 32.1. The third-order valence-corrected chi connectivity index (χ3v) is 6.95. The number of para-hydroxylation sites is 1. The SMILES string of the molecule is O=C(CCC1CCCC1)N1CCC(c2nc3ccccc3s2)CC1. The Kier molecular flexibility index (Phi) is 4.83. The topological polar surface area (TPSA) is 33.2 Å². The molecule has 24 heavy (non-hydrogen) atoms. The number of amides is 1. The summed E-state index contributed by atoms with van der Waals surface area (Å²) >= 11 is 1.83. The van der Waals surface area contributed by atoms with Gasteiger partial charge in [-0.05, 0) is 37.3 Å². The second-order valence-corrected chi connectivity index (χ2v) is 8.43. The molecule has 2 aromatic rings. The van der Waals surface area contributed by atoms with Crippen molar-refractivity contribution in [1.82, 2.24) is 9.88 Å². The lowest BCUT2D eigenvalue weighted by Crippen LogP contribution is -2.37. The number of rotatable bonds is 4. The van der Waals surface area contributed by atoms with Gasteiger partial charge in [-0.1, -0.05) is 37.8 Å². The van der Waals surface area contributed by atoms with Crippen molar-refractivity contribution in [1.29, 1.82) is 0 Å². The predicted molar refractivity (Wildman–Crippen MR) is 99.4 cm³/mol. The molecule has 2 heterocycles. The van der Waals surface area contributed by atoms with Crippen LogP contribution < -0.4 is 0 Å². The first-order valence-corrected chi connectivity index (χ1v) is 10.2. The van der Waals surface area contributed by atoms with Crippen LogP contribution in [0.15, 0.2) is 24.3 Å². The molecule has 1 aromatic carbocycles. The average Bonchev–Trinajstić information content (AvgIpc) is 3.29.